The average Bonchev–Trinajstić information content (AvgIpc) is 3.24. The number of hydrogen-bond donors (Lipinski definition) is 0. The number of benzene rings is 2. The molecule has 0 radical (unpaired) electrons. The van der Waals surface area contributed by atoms with Crippen LogP contribution in [-0.2, 0) is 13.2 Å². The van der Waals surface area contributed by atoms with Gasteiger partial charge in [0.1, 0.15) is 17.4 Å². The minimum atomic E-state index is -0.0174. The molecule has 0 unspecified atom stereocenters. The number of carbonyl (C=O) groups excluding carboxylic acids is 1. The number of rotatable bonds is 10. The molecular formula is C24H28N2O4S. The van der Waals surface area contributed by atoms with Crippen LogP contribution in [0.2, 0.25) is 0 Å². The molecule has 0 atom stereocenters. The van der Waals surface area contributed by atoms with Gasteiger partial charge in [0, 0.05) is 17.5 Å². The fourth-order valence-corrected chi connectivity index (χ4v) is 3.83. The zero-order chi connectivity index (χ0) is 22.2. The van der Waals surface area contributed by atoms with Crippen LogP contribution in [0.15, 0.2) is 53.9 Å². The summed E-state index contributed by atoms with van der Waals surface area (Å²) in [5.41, 5.74) is 1.49. The third kappa shape index (κ3) is 6.21. The van der Waals surface area contributed by atoms with Gasteiger partial charge in [-0.05, 0) is 42.3 Å². The quantitative estimate of drug-likeness (QED) is 0.442. The van der Waals surface area contributed by atoms with Gasteiger partial charge in [-0.3, -0.25) is 4.79 Å². The molecule has 2 aromatic carbocycles. The molecule has 31 heavy (non-hydrogen) atoms. The van der Waals surface area contributed by atoms with E-state index >= 15 is 0 Å². The molecule has 6 nitrogen and oxygen atoms in total. The summed E-state index contributed by atoms with van der Waals surface area (Å²) < 4.78 is 16.4. The number of aromatic nitrogens is 1. The lowest BCUT2D eigenvalue weighted by Crippen LogP contribution is -2.33. The second-order valence-electron chi connectivity index (χ2n) is 7.48. The largest absolute Gasteiger partial charge is 0.497 e. The summed E-state index contributed by atoms with van der Waals surface area (Å²) in [6.45, 7) is 5.65. The van der Waals surface area contributed by atoms with E-state index in [0.717, 1.165) is 16.5 Å². The number of nitrogens with zero attached hydrogens (tertiary/aromatic N) is 2. The van der Waals surface area contributed by atoms with Gasteiger partial charge in [-0.15, -0.1) is 11.3 Å². The summed E-state index contributed by atoms with van der Waals surface area (Å²) in [4.78, 5) is 19.6. The molecule has 0 aliphatic rings. The van der Waals surface area contributed by atoms with Crippen molar-refractivity contribution in [1.29, 1.82) is 0 Å². The van der Waals surface area contributed by atoms with E-state index < -0.39 is 0 Å². The minimum Gasteiger partial charge on any atom is -0.497 e. The lowest BCUT2D eigenvalue weighted by Gasteiger charge is -2.24. The van der Waals surface area contributed by atoms with Crippen LogP contribution < -0.4 is 14.2 Å². The lowest BCUT2D eigenvalue weighted by molar-refractivity contribution is 0.0720. The summed E-state index contributed by atoms with van der Waals surface area (Å²) >= 11 is 1.52. The van der Waals surface area contributed by atoms with Gasteiger partial charge >= 0.3 is 0 Å². The number of hydrogen-bond acceptors (Lipinski definition) is 6. The Morgan fingerprint density at radius 2 is 1.74 bits per heavy atom. The maximum Gasteiger partial charge on any atom is 0.254 e. The van der Waals surface area contributed by atoms with Crippen molar-refractivity contribution in [3.8, 4) is 17.2 Å². The Morgan fingerprint density at radius 3 is 2.39 bits per heavy atom. The standard InChI is InChI=1S/C24H28N2O4S/c1-17(2)13-26(24(27)18-9-11-20(28-3)12-10-18)14-19-16-31-23(25-19)15-30-22-8-6-5-7-21(22)29-4/h5-12,16-17H,13-15H2,1-4H3. The molecule has 0 fully saturated rings. The van der Waals surface area contributed by atoms with Crippen LogP contribution in [0.4, 0.5) is 0 Å². The van der Waals surface area contributed by atoms with Crippen LogP contribution in [0.1, 0.15) is 34.9 Å². The Morgan fingerprint density at radius 1 is 1.03 bits per heavy atom. The molecular weight excluding hydrogens is 412 g/mol. The van der Waals surface area contributed by atoms with Gasteiger partial charge in [0.05, 0.1) is 26.5 Å². The van der Waals surface area contributed by atoms with Crippen LogP contribution in [-0.4, -0.2) is 36.6 Å². The van der Waals surface area contributed by atoms with E-state index in [4.69, 9.17) is 14.2 Å². The van der Waals surface area contributed by atoms with E-state index in [-0.39, 0.29) is 5.91 Å². The van der Waals surface area contributed by atoms with E-state index in [1.165, 1.54) is 11.3 Å². The Hall–Kier alpha value is -3.06. The normalized spacial score (nSPS) is 10.7. The van der Waals surface area contributed by atoms with E-state index in [0.29, 0.717) is 42.7 Å². The first-order valence-corrected chi connectivity index (χ1v) is 11.0. The maximum absolute atomic E-state index is 13.1. The van der Waals surface area contributed by atoms with Crippen molar-refractivity contribution >= 4 is 17.2 Å². The SMILES string of the molecule is COc1ccc(C(=O)N(Cc2csc(COc3ccccc3OC)n2)CC(C)C)cc1. The van der Waals surface area contributed by atoms with E-state index in [2.05, 4.69) is 18.8 Å². The third-order valence-electron chi connectivity index (χ3n) is 4.58. The van der Waals surface area contributed by atoms with Crippen molar-refractivity contribution in [2.24, 2.45) is 5.92 Å². The van der Waals surface area contributed by atoms with Crippen LogP contribution in [0.5, 0.6) is 17.2 Å². The molecule has 3 rings (SSSR count). The summed E-state index contributed by atoms with van der Waals surface area (Å²) in [7, 11) is 3.23. The van der Waals surface area contributed by atoms with Crippen LogP contribution in [0.3, 0.4) is 0 Å². The molecule has 7 heteroatoms. The fraction of sp³-hybridized carbons (Fsp3) is 0.333. The zero-order valence-corrected chi connectivity index (χ0v) is 19.1. The van der Waals surface area contributed by atoms with Crippen LogP contribution >= 0.6 is 11.3 Å². The molecule has 164 valence electrons. The molecule has 0 bridgehead atoms. The number of thiazole rings is 1. The van der Waals surface area contributed by atoms with Crippen LogP contribution in [0, 0.1) is 5.92 Å². The van der Waals surface area contributed by atoms with Crippen molar-refractivity contribution in [2.75, 3.05) is 20.8 Å². The molecule has 0 spiro atoms. The highest BCUT2D eigenvalue weighted by Crippen LogP contribution is 2.27. The highest BCUT2D eigenvalue weighted by atomic mass is 32.1. The average molecular weight is 441 g/mol. The van der Waals surface area contributed by atoms with Gasteiger partial charge in [0.25, 0.3) is 5.91 Å². The highest BCUT2D eigenvalue weighted by Gasteiger charge is 2.19. The zero-order valence-electron chi connectivity index (χ0n) is 18.3. The van der Waals surface area contributed by atoms with E-state index in [1.54, 1.807) is 38.5 Å². The second-order valence-corrected chi connectivity index (χ2v) is 8.42. The summed E-state index contributed by atoms with van der Waals surface area (Å²) in [6, 6.07) is 14.7. The summed E-state index contributed by atoms with van der Waals surface area (Å²) in [6.07, 6.45) is 0. The minimum absolute atomic E-state index is 0.0174. The van der Waals surface area contributed by atoms with Gasteiger partial charge < -0.3 is 19.1 Å². The van der Waals surface area contributed by atoms with Gasteiger partial charge in [-0.2, -0.15) is 0 Å². The first-order chi connectivity index (χ1) is 15.0. The second kappa shape index (κ2) is 10.8. The van der Waals surface area contributed by atoms with E-state index in [1.807, 2.05) is 34.5 Å². The molecule has 0 N–H and O–H groups in total. The number of para-hydroxylation sites is 2. The number of amides is 1. The molecule has 1 amide bonds. The lowest BCUT2D eigenvalue weighted by atomic mass is 10.1. The van der Waals surface area contributed by atoms with E-state index in [9.17, 15) is 4.79 Å². The predicted octanol–water partition coefficient (Wildman–Crippen LogP) is 5.04. The molecule has 3 aromatic rings. The Bertz CT molecular complexity index is 985. The fourth-order valence-electron chi connectivity index (χ4n) is 3.14. The van der Waals surface area contributed by atoms with Crippen molar-refractivity contribution in [3.63, 3.8) is 0 Å². The molecule has 0 aliphatic heterocycles. The maximum atomic E-state index is 13.1. The molecule has 1 aromatic heterocycles. The van der Waals surface area contributed by atoms with Crippen molar-refractivity contribution in [2.45, 2.75) is 27.0 Å². The van der Waals surface area contributed by atoms with Crippen molar-refractivity contribution in [1.82, 2.24) is 9.88 Å². The number of ether oxygens (including phenoxy) is 3. The van der Waals surface area contributed by atoms with Crippen molar-refractivity contribution in [3.05, 3.63) is 70.2 Å². The summed E-state index contributed by atoms with van der Waals surface area (Å²) in [5, 5.41) is 2.83. The van der Waals surface area contributed by atoms with Gasteiger partial charge in [0.15, 0.2) is 11.5 Å². The number of methoxy groups -OCH3 is 2. The Kier molecular flexibility index (Phi) is 7.89. The molecule has 1 heterocycles. The monoisotopic (exact) mass is 440 g/mol. The van der Waals surface area contributed by atoms with Gasteiger partial charge in [-0.1, -0.05) is 26.0 Å². The van der Waals surface area contributed by atoms with Gasteiger partial charge in [0.2, 0.25) is 0 Å². The Labute approximate surface area is 187 Å². The smallest absolute Gasteiger partial charge is 0.254 e. The molecule has 0 saturated carbocycles. The van der Waals surface area contributed by atoms with Gasteiger partial charge in [-0.25, -0.2) is 4.98 Å². The van der Waals surface area contributed by atoms with Crippen molar-refractivity contribution < 1.29 is 19.0 Å². The third-order valence-corrected chi connectivity index (χ3v) is 5.45. The Balaban J connectivity index is 1.67. The highest BCUT2D eigenvalue weighted by molar-refractivity contribution is 7.09. The van der Waals surface area contributed by atoms with Crippen LogP contribution in [0.25, 0.3) is 0 Å². The summed E-state index contributed by atoms with van der Waals surface area (Å²) in [5.74, 6) is 2.42. The predicted molar refractivity (Wildman–Crippen MR) is 122 cm³/mol. The first kappa shape index (κ1) is 22.6. The topological polar surface area (TPSA) is 60.9 Å². The molecule has 0 saturated heterocycles. The number of carbonyl (C=O) groups is 1. The molecule has 0 aliphatic carbocycles. The first-order valence-electron chi connectivity index (χ1n) is 10.1.